The summed E-state index contributed by atoms with van der Waals surface area (Å²) in [5.41, 5.74) is 4.07. The van der Waals surface area contributed by atoms with E-state index < -0.39 is 6.10 Å². The zero-order chi connectivity index (χ0) is 13.3. The van der Waals surface area contributed by atoms with Crippen LogP contribution in [-0.2, 0) is 0 Å². The van der Waals surface area contributed by atoms with Gasteiger partial charge in [-0.2, -0.15) is 0 Å². The SMILES string of the molecule is Cc1ccc(C(O)c2cc(Cl)cc(Br)c2)cc1C. The Morgan fingerprint density at radius 2 is 1.72 bits per heavy atom. The van der Waals surface area contributed by atoms with Crippen molar-refractivity contribution in [3.8, 4) is 0 Å². The Labute approximate surface area is 121 Å². The molecule has 3 heteroatoms. The Balaban J connectivity index is 2.40. The van der Waals surface area contributed by atoms with Crippen molar-refractivity contribution in [3.05, 3.63) is 68.1 Å². The third-order valence-electron chi connectivity index (χ3n) is 3.05. The molecule has 0 aliphatic rings. The van der Waals surface area contributed by atoms with Crippen LogP contribution in [0.1, 0.15) is 28.4 Å². The predicted octanol–water partition coefficient (Wildman–Crippen LogP) is 4.80. The van der Waals surface area contributed by atoms with Gasteiger partial charge >= 0.3 is 0 Å². The lowest BCUT2D eigenvalue weighted by molar-refractivity contribution is 0.220. The molecule has 18 heavy (non-hydrogen) atoms. The van der Waals surface area contributed by atoms with E-state index >= 15 is 0 Å². The summed E-state index contributed by atoms with van der Waals surface area (Å²) in [6.07, 6.45) is -0.653. The summed E-state index contributed by atoms with van der Waals surface area (Å²) < 4.78 is 0.868. The highest BCUT2D eigenvalue weighted by Crippen LogP contribution is 2.28. The maximum absolute atomic E-state index is 10.4. The molecule has 0 amide bonds. The number of aliphatic hydroxyl groups is 1. The molecular weight excluding hydrogens is 312 g/mol. The minimum Gasteiger partial charge on any atom is -0.384 e. The van der Waals surface area contributed by atoms with Crippen molar-refractivity contribution >= 4 is 27.5 Å². The van der Waals surface area contributed by atoms with Crippen molar-refractivity contribution < 1.29 is 5.11 Å². The largest absolute Gasteiger partial charge is 0.384 e. The number of halogens is 2. The van der Waals surface area contributed by atoms with Gasteiger partial charge in [0.15, 0.2) is 0 Å². The van der Waals surface area contributed by atoms with Gasteiger partial charge in [-0.15, -0.1) is 0 Å². The molecule has 0 aliphatic heterocycles. The second kappa shape index (κ2) is 5.43. The third-order valence-corrected chi connectivity index (χ3v) is 3.72. The molecular formula is C15H14BrClO. The monoisotopic (exact) mass is 324 g/mol. The van der Waals surface area contributed by atoms with Gasteiger partial charge in [-0.3, -0.25) is 0 Å². The fourth-order valence-corrected chi connectivity index (χ4v) is 2.75. The van der Waals surface area contributed by atoms with E-state index in [2.05, 4.69) is 22.9 Å². The number of benzene rings is 2. The lowest BCUT2D eigenvalue weighted by Gasteiger charge is -2.14. The molecule has 0 saturated heterocycles. The molecule has 0 saturated carbocycles. The first kappa shape index (κ1) is 13.6. The summed E-state index contributed by atoms with van der Waals surface area (Å²) in [7, 11) is 0. The van der Waals surface area contributed by atoms with E-state index in [1.807, 2.05) is 31.2 Å². The first-order valence-electron chi connectivity index (χ1n) is 5.68. The lowest BCUT2D eigenvalue weighted by Crippen LogP contribution is -2.00. The molecule has 0 heterocycles. The second-order valence-corrected chi connectivity index (χ2v) is 5.80. The summed E-state index contributed by atoms with van der Waals surface area (Å²) in [6, 6.07) is 11.4. The fourth-order valence-electron chi connectivity index (χ4n) is 1.86. The van der Waals surface area contributed by atoms with E-state index in [9.17, 15) is 5.11 Å². The normalized spacial score (nSPS) is 12.5. The highest BCUT2D eigenvalue weighted by molar-refractivity contribution is 9.10. The molecule has 1 atom stereocenters. The van der Waals surface area contributed by atoms with Crippen LogP contribution in [0.2, 0.25) is 5.02 Å². The average molecular weight is 326 g/mol. The molecule has 0 bridgehead atoms. The third kappa shape index (κ3) is 2.94. The van der Waals surface area contributed by atoms with Crippen LogP contribution in [0, 0.1) is 13.8 Å². The van der Waals surface area contributed by atoms with Crippen LogP contribution in [-0.4, -0.2) is 5.11 Å². The van der Waals surface area contributed by atoms with Gasteiger partial charge < -0.3 is 5.11 Å². The minimum absolute atomic E-state index is 0.613. The summed E-state index contributed by atoms with van der Waals surface area (Å²) in [5, 5.41) is 11.0. The van der Waals surface area contributed by atoms with E-state index in [0.29, 0.717) is 5.02 Å². The lowest BCUT2D eigenvalue weighted by atomic mass is 9.98. The molecule has 1 nitrogen and oxygen atoms in total. The molecule has 0 aromatic heterocycles. The van der Waals surface area contributed by atoms with E-state index in [4.69, 9.17) is 11.6 Å². The van der Waals surface area contributed by atoms with Crippen molar-refractivity contribution in [2.24, 2.45) is 0 Å². The van der Waals surface area contributed by atoms with Crippen LogP contribution in [0.15, 0.2) is 40.9 Å². The van der Waals surface area contributed by atoms with Crippen molar-refractivity contribution in [1.29, 1.82) is 0 Å². The van der Waals surface area contributed by atoms with Crippen LogP contribution in [0.3, 0.4) is 0 Å². The van der Waals surface area contributed by atoms with Gasteiger partial charge in [0.2, 0.25) is 0 Å². The van der Waals surface area contributed by atoms with Crippen molar-refractivity contribution in [2.45, 2.75) is 20.0 Å². The van der Waals surface area contributed by atoms with Gasteiger partial charge in [-0.1, -0.05) is 45.7 Å². The van der Waals surface area contributed by atoms with Crippen molar-refractivity contribution in [2.75, 3.05) is 0 Å². The Kier molecular flexibility index (Phi) is 4.10. The van der Waals surface area contributed by atoms with Crippen molar-refractivity contribution in [3.63, 3.8) is 0 Å². The zero-order valence-corrected chi connectivity index (χ0v) is 12.6. The maximum atomic E-state index is 10.4. The van der Waals surface area contributed by atoms with E-state index in [1.165, 1.54) is 11.1 Å². The molecule has 94 valence electrons. The summed E-state index contributed by atoms with van der Waals surface area (Å²) in [5.74, 6) is 0. The van der Waals surface area contributed by atoms with E-state index in [-0.39, 0.29) is 0 Å². The quantitative estimate of drug-likeness (QED) is 0.841. The Bertz CT molecular complexity index is 560. The Hall–Kier alpha value is -0.830. The van der Waals surface area contributed by atoms with Crippen LogP contribution in [0.4, 0.5) is 0 Å². The molecule has 2 aromatic carbocycles. The molecule has 1 unspecified atom stereocenters. The van der Waals surface area contributed by atoms with Gasteiger partial charge in [0, 0.05) is 9.50 Å². The van der Waals surface area contributed by atoms with Crippen LogP contribution >= 0.6 is 27.5 Å². The molecule has 0 aliphatic carbocycles. The fraction of sp³-hybridized carbons (Fsp3) is 0.200. The number of aliphatic hydroxyl groups excluding tert-OH is 1. The van der Waals surface area contributed by atoms with Gasteiger partial charge in [-0.25, -0.2) is 0 Å². The molecule has 1 N–H and O–H groups in total. The van der Waals surface area contributed by atoms with Gasteiger partial charge in [0.05, 0.1) is 0 Å². The molecule has 0 radical (unpaired) electrons. The smallest absolute Gasteiger partial charge is 0.104 e. The predicted molar refractivity (Wildman–Crippen MR) is 79.1 cm³/mol. The minimum atomic E-state index is -0.653. The maximum Gasteiger partial charge on any atom is 0.104 e. The molecule has 0 fully saturated rings. The van der Waals surface area contributed by atoms with Gasteiger partial charge in [0.1, 0.15) is 6.10 Å². The van der Waals surface area contributed by atoms with Crippen molar-refractivity contribution in [1.82, 2.24) is 0 Å². The Morgan fingerprint density at radius 3 is 2.33 bits per heavy atom. The second-order valence-electron chi connectivity index (χ2n) is 4.45. The first-order valence-corrected chi connectivity index (χ1v) is 6.85. The highest BCUT2D eigenvalue weighted by Gasteiger charge is 2.12. The average Bonchev–Trinajstić information content (AvgIpc) is 2.30. The summed E-state index contributed by atoms with van der Waals surface area (Å²) >= 11 is 9.38. The summed E-state index contributed by atoms with van der Waals surface area (Å²) in [4.78, 5) is 0. The van der Waals surface area contributed by atoms with E-state index in [1.54, 1.807) is 12.1 Å². The first-order chi connectivity index (χ1) is 8.47. The number of hydrogen-bond donors (Lipinski definition) is 1. The number of rotatable bonds is 2. The Morgan fingerprint density at radius 1 is 1.00 bits per heavy atom. The van der Waals surface area contributed by atoms with Crippen LogP contribution in [0.5, 0.6) is 0 Å². The topological polar surface area (TPSA) is 20.2 Å². The van der Waals surface area contributed by atoms with Gasteiger partial charge in [-0.05, 0) is 54.3 Å². The molecule has 2 rings (SSSR count). The van der Waals surface area contributed by atoms with Gasteiger partial charge in [0.25, 0.3) is 0 Å². The highest BCUT2D eigenvalue weighted by atomic mass is 79.9. The number of aryl methyl sites for hydroxylation is 2. The van der Waals surface area contributed by atoms with E-state index in [0.717, 1.165) is 15.6 Å². The van der Waals surface area contributed by atoms with Crippen LogP contribution in [0.25, 0.3) is 0 Å². The standard InChI is InChI=1S/C15H14BrClO/c1-9-3-4-11(5-10(9)2)15(18)12-6-13(16)8-14(17)7-12/h3-8,15,18H,1-2H3. The number of hydrogen-bond acceptors (Lipinski definition) is 1. The zero-order valence-electron chi connectivity index (χ0n) is 10.2. The molecule has 2 aromatic rings. The summed E-state index contributed by atoms with van der Waals surface area (Å²) in [6.45, 7) is 4.10. The van der Waals surface area contributed by atoms with Crippen LogP contribution < -0.4 is 0 Å². The molecule has 0 spiro atoms.